The van der Waals surface area contributed by atoms with E-state index in [0.717, 1.165) is 61.6 Å². The summed E-state index contributed by atoms with van der Waals surface area (Å²) in [5.41, 5.74) is 1.91. The van der Waals surface area contributed by atoms with Crippen LogP contribution in [0.25, 0.3) is 16.9 Å². The largest absolute Gasteiger partial charge is 0.490 e. The highest BCUT2D eigenvalue weighted by molar-refractivity contribution is 5.68. The summed E-state index contributed by atoms with van der Waals surface area (Å²) in [7, 11) is 1.59. The first kappa shape index (κ1) is 24.0. The fourth-order valence-electron chi connectivity index (χ4n) is 4.65. The molecule has 1 aliphatic heterocycles. The summed E-state index contributed by atoms with van der Waals surface area (Å²) in [6.07, 6.45) is 8.42. The van der Waals surface area contributed by atoms with Gasteiger partial charge in [0.05, 0.1) is 30.8 Å². The molecule has 2 fully saturated rings. The Kier molecular flexibility index (Phi) is 6.21. The molecule has 194 valence electrons. The SMILES string of the molecule is COc1ccc(OC2CCN(c3ccc(-c4cc(OCC5(O)CC5)cc5ncc(C#N)n45)cn3)CC2)cn1. The summed E-state index contributed by atoms with van der Waals surface area (Å²) in [6.45, 7) is 1.90. The first-order valence-electron chi connectivity index (χ1n) is 12.7. The summed E-state index contributed by atoms with van der Waals surface area (Å²) >= 11 is 0. The second kappa shape index (κ2) is 9.84. The minimum absolute atomic E-state index is 0.121. The van der Waals surface area contributed by atoms with Crippen molar-refractivity contribution in [1.29, 1.82) is 5.26 Å². The van der Waals surface area contributed by atoms with Gasteiger partial charge in [-0.2, -0.15) is 5.26 Å². The summed E-state index contributed by atoms with van der Waals surface area (Å²) in [5, 5.41) is 19.8. The summed E-state index contributed by atoms with van der Waals surface area (Å²) in [6, 6.07) is 13.5. The highest BCUT2D eigenvalue weighted by Crippen LogP contribution is 2.36. The Bertz CT molecular complexity index is 1470. The zero-order valence-corrected chi connectivity index (χ0v) is 21.1. The maximum Gasteiger partial charge on any atom is 0.213 e. The van der Waals surface area contributed by atoms with Gasteiger partial charge < -0.3 is 24.2 Å². The minimum atomic E-state index is -0.729. The molecule has 0 atom stereocenters. The maximum absolute atomic E-state index is 10.2. The molecule has 0 spiro atoms. The lowest BCUT2D eigenvalue weighted by molar-refractivity contribution is 0.0857. The van der Waals surface area contributed by atoms with E-state index < -0.39 is 5.60 Å². The fraction of sp³-hybridized carbons (Fsp3) is 0.357. The van der Waals surface area contributed by atoms with E-state index in [0.29, 0.717) is 23.0 Å². The minimum Gasteiger partial charge on any atom is -0.490 e. The van der Waals surface area contributed by atoms with Crippen LogP contribution in [0.4, 0.5) is 5.82 Å². The number of hydrogen-bond acceptors (Lipinski definition) is 9. The predicted octanol–water partition coefficient (Wildman–Crippen LogP) is 3.62. The van der Waals surface area contributed by atoms with Gasteiger partial charge >= 0.3 is 0 Å². The Balaban J connectivity index is 1.16. The molecule has 6 rings (SSSR count). The van der Waals surface area contributed by atoms with Crippen LogP contribution in [0.15, 0.2) is 55.0 Å². The molecule has 10 nitrogen and oxygen atoms in total. The highest BCUT2D eigenvalue weighted by atomic mass is 16.5. The number of fused-ring (bicyclic) bond motifs is 1. The third-order valence-electron chi connectivity index (χ3n) is 7.06. The van der Waals surface area contributed by atoms with Gasteiger partial charge in [0.15, 0.2) is 0 Å². The topological polar surface area (TPSA) is 118 Å². The van der Waals surface area contributed by atoms with Crippen molar-refractivity contribution >= 4 is 11.5 Å². The quantitative estimate of drug-likeness (QED) is 0.378. The van der Waals surface area contributed by atoms with Crippen molar-refractivity contribution in [3.05, 3.63) is 60.7 Å². The molecule has 0 radical (unpaired) electrons. The molecular formula is C28H28N6O4. The maximum atomic E-state index is 10.2. The monoisotopic (exact) mass is 512 g/mol. The molecule has 1 aliphatic carbocycles. The first-order valence-corrected chi connectivity index (χ1v) is 12.7. The first-order chi connectivity index (χ1) is 18.5. The zero-order chi connectivity index (χ0) is 26.1. The second-order valence-electron chi connectivity index (χ2n) is 9.78. The fourth-order valence-corrected chi connectivity index (χ4v) is 4.65. The number of nitrogens with zero attached hydrogens (tertiary/aromatic N) is 6. The van der Waals surface area contributed by atoms with Gasteiger partial charge in [-0.15, -0.1) is 0 Å². The Morgan fingerprint density at radius 3 is 2.53 bits per heavy atom. The number of rotatable bonds is 8. The molecule has 10 heteroatoms. The van der Waals surface area contributed by atoms with Gasteiger partial charge in [0.1, 0.15) is 47.4 Å². The number of methoxy groups -OCH3 is 1. The molecular weight excluding hydrogens is 484 g/mol. The van der Waals surface area contributed by atoms with Crippen LogP contribution >= 0.6 is 0 Å². The number of nitriles is 1. The zero-order valence-electron chi connectivity index (χ0n) is 21.1. The van der Waals surface area contributed by atoms with Crippen molar-refractivity contribution in [3.8, 4) is 34.7 Å². The number of ether oxygens (including phenoxy) is 3. The van der Waals surface area contributed by atoms with Gasteiger partial charge in [0.2, 0.25) is 5.88 Å². The molecule has 4 aromatic rings. The number of pyridine rings is 3. The van der Waals surface area contributed by atoms with Crippen LogP contribution in [0.1, 0.15) is 31.4 Å². The van der Waals surface area contributed by atoms with Crippen molar-refractivity contribution < 1.29 is 19.3 Å². The molecule has 1 saturated heterocycles. The van der Waals surface area contributed by atoms with Crippen molar-refractivity contribution in [1.82, 2.24) is 19.4 Å². The normalized spacial score (nSPS) is 16.7. The molecule has 38 heavy (non-hydrogen) atoms. The van der Waals surface area contributed by atoms with Gasteiger partial charge in [-0.1, -0.05) is 0 Å². The lowest BCUT2D eigenvalue weighted by Gasteiger charge is -2.33. The molecule has 5 heterocycles. The molecule has 0 aromatic carbocycles. The molecule has 2 aliphatic rings. The second-order valence-corrected chi connectivity index (χ2v) is 9.78. The highest BCUT2D eigenvalue weighted by Gasteiger charge is 2.41. The van der Waals surface area contributed by atoms with E-state index in [-0.39, 0.29) is 12.7 Å². The van der Waals surface area contributed by atoms with E-state index in [1.165, 1.54) is 0 Å². The van der Waals surface area contributed by atoms with E-state index in [1.807, 2.05) is 30.5 Å². The van der Waals surface area contributed by atoms with Crippen LogP contribution in [0.2, 0.25) is 0 Å². The Labute approximate surface area is 220 Å². The molecule has 4 aromatic heterocycles. The number of aromatic nitrogens is 4. The lowest BCUT2D eigenvalue weighted by Crippen LogP contribution is -2.38. The molecule has 0 unspecified atom stereocenters. The molecule has 0 bridgehead atoms. The van der Waals surface area contributed by atoms with Crippen LogP contribution in [0.5, 0.6) is 17.4 Å². The Hall–Kier alpha value is -4.36. The van der Waals surface area contributed by atoms with Crippen LogP contribution in [0.3, 0.4) is 0 Å². The predicted molar refractivity (Wildman–Crippen MR) is 139 cm³/mol. The number of hydrogen-bond donors (Lipinski definition) is 1. The van der Waals surface area contributed by atoms with Crippen molar-refractivity contribution in [2.75, 3.05) is 31.7 Å². The van der Waals surface area contributed by atoms with E-state index in [4.69, 9.17) is 19.2 Å². The lowest BCUT2D eigenvalue weighted by atomic mass is 10.1. The molecule has 0 amide bonds. The third-order valence-corrected chi connectivity index (χ3v) is 7.06. The van der Waals surface area contributed by atoms with Crippen LogP contribution in [-0.2, 0) is 0 Å². The van der Waals surface area contributed by atoms with E-state index in [9.17, 15) is 10.4 Å². The Morgan fingerprint density at radius 1 is 1.03 bits per heavy atom. The van der Waals surface area contributed by atoms with Crippen LogP contribution in [0, 0.1) is 11.3 Å². The number of piperidine rings is 1. The number of aliphatic hydroxyl groups is 1. The number of imidazole rings is 1. The van der Waals surface area contributed by atoms with Gasteiger partial charge in [-0.05, 0) is 31.0 Å². The average molecular weight is 513 g/mol. The van der Waals surface area contributed by atoms with Gasteiger partial charge in [0, 0.05) is 55.9 Å². The van der Waals surface area contributed by atoms with Crippen LogP contribution in [-0.4, -0.2) is 63.0 Å². The average Bonchev–Trinajstić information content (AvgIpc) is 3.56. The smallest absolute Gasteiger partial charge is 0.213 e. The third kappa shape index (κ3) is 4.93. The van der Waals surface area contributed by atoms with E-state index in [2.05, 4.69) is 20.9 Å². The number of anilines is 1. The van der Waals surface area contributed by atoms with E-state index >= 15 is 0 Å². The van der Waals surface area contributed by atoms with Gasteiger partial charge in [0.25, 0.3) is 0 Å². The summed E-state index contributed by atoms with van der Waals surface area (Å²) in [5.74, 6) is 2.80. The van der Waals surface area contributed by atoms with E-state index in [1.54, 1.807) is 36.0 Å². The molecule has 1 saturated carbocycles. The standard InChI is InChI=1S/C28H28N6O4/c1-36-27-5-3-22(17-32-27)38-21-6-10-33(11-7-21)25-4-2-19(15-30-25)24-12-23(37-18-28(35)8-9-28)13-26-31-16-20(14-29)34(24)26/h2-5,12-13,15-17,21,35H,6-11,18H2,1H3. The van der Waals surface area contributed by atoms with Gasteiger partial charge in [-0.3, -0.25) is 4.40 Å². The van der Waals surface area contributed by atoms with Crippen molar-refractivity contribution in [3.63, 3.8) is 0 Å². The summed E-state index contributed by atoms with van der Waals surface area (Å²) in [4.78, 5) is 15.6. The van der Waals surface area contributed by atoms with Crippen molar-refractivity contribution in [2.45, 2.75) is 37.4 Å². The summed E-state index contributed by atoms with van der Waals surface area (Å²) < 4.78 is 18.9. The van der Waals surface area contributed by atoms with Gasteiger partial charge in [-0.25, -0.2) is 15.0 Å². The molecule has 1 N–H and O–H groups in total. The van der Waals surface area contributed by atoms with Crippen LogP contribution < -0.4 is 19.1 Å². The Morgan fingerprint density at radius 2 is 1.87 bits per heavy atom. The van der Waals surface area contributed by atoms with Crippen molar-refractivity contribution in [2.24, 2.45) is 0 Å².